The van der Waals surface area contributed by atoms with Gasteiger partial charge in [-0.05, 0) is 45.6 Å². The summed E-state index contributed by atoms with van der Waals surface area (Å²) in [6, 6.07) is 1.78. The third-order valence-corrected chi connectivity index (χ3v) is 5.27. The van der Waals surface area contributed by atoms with Crippen molar-refractivity contribution in [2.24, 2.45) is 0 Å². The van der Waals surface area contributed by atoms with Gasteiger partial charge < -0.3 is 4.90 Å². The van der Waals surface area contributed by atoms with Crippen LogP contribution in [0.25, 0.3) is 0 Å². The summed E-state index contributed by atoms with van der Waals surface area (Å²) in [4.78, 5) is 3.51. The van der Waals surface area contributed by atoms with Gasteiger partial charge in [0.1, 0.15) is 0 Å². The molecule has 15 heavy (non-hydrogen) atoms. The maximum Gasteiger partial charge on any atom is 0.0147 e. The Morgan fingerprint density at radius 1 is 0.800 bits per heavy atom. The molecular formula is C13H24BrN. The lowest BCUT2D eigenvalue weighted by molar-refractivity contribution is 0.112. The highest BCUT2D eigenvalue weighted by atomic mass is 79.9. The van der Waals surface area contributed by atoms with Gasteiger partial charge >= 0.3 is 0 Å². The minimum absolute atomic E-state index is 0.800. The largest absolute Gasteiger partial charge is 0.300 e. The molecule has 2 aliphatic carbocycles. The molecule has 0 bridgehead atoms. The molecule has 0 saturated heterocycles. The van der Waals surface area contributed by atoms with E-state index in [0.717, 1.165) is 16.9 Å². The predicted molar refractivity (Wildman–Crippen MR) is 69.6 cm³/mol. The third kappa shape index (κ3) is 3.20. The summed E-state index contributed by atoms with van der Waals surface area (Å²) >= 11 is 3.74. The molecule has 0 unspecified atom stereocenters. The molecule has 2 aliphatic rings. The van der Waals surface area contributed by atoms with Crippen LogP contribution in [0.1, 0.15) is 57.8 Å². The van der Waals surface area contributed by atoms with Crippen LogP contribution in [0, 0.1) is 0 Å². The molecule has 0 radical (unpaired) electrons. The third-order valence-electron chi connectivity index (χ3n) is 4.35. The van der Waals surface area contributed by atoms with Gasteiger partial charge in [0, 0.05) is 16.9 Å². The fourth-order valence-corrected chi connectivity index (χ4v) is 3.76. The van der Waals surface area contributed by atoms with E-state index in [1.807, 2.05) is 0 Å². The molecule has 0 aromatic carbocycles. The van der Waals surface area contributed by atoms with Gasteiger partial charge in [-0.15, -0.1) is 0 Å². The van der Waals surface area contributed by atoms with Crippen molar-refractivity contribution in [1.82, 2.24) is 4.90 Å². The molecule has 0 atom stereocenters. The zero-order valence-corrected chi connectivity index (χ0v) is 11.5. The van der Waals surface area contributed by atoms with E-state index in [-0.39, 0.29) is 0 Å². The molecular weight excluding hydrogens is 250 g/mol. The zero-order valence-electron chi connectivity index (χ0n) is 9.92. The molecule has 2 saturated carbocycles. The van der Waals surface area contributed by atoms with Crippen molar-refractivity contribution in [3.8, 4) is 0 Å². The first kappa shape index (κ1) is 11.9. The van der Waals surface area contributed by atoms with Crippen molar-refractivity contribution in [3.05, 3.63) is 0 Å². The van der Waals surface area contributed by atoms with Crippen molar-refractivity contribution in [1.29, 1.82) is 0 Å². The Morgan fingerprint density at radius 2 is 1.33 bits per heavy atom. The van der Waals surface area contributed by atoms with Crippen LogP contribution >= 0.6 is 15.9 Å². The van der Waals surface area contributed by atoms with E-state index >= 15 is 0 Å². The molecule has 0 heterocycles. The van der Waals surface area contributed by atoms with E-state index < -0.39 is 0 Å². The molecule has 0 amide bonds. The first-order chi connectivity index (χ1) is 7.27. The number of nitrogens with zero attached hydrogens (tertiary/aromatic N) is 1. The van der Waals surface area contributed by atoms with Gasteiger partial charge in [-0.2, -0.15) is 0 Å². The number of hydrogen-bond donors (Lipinski definition) is 0. The van der Waals surface area contributed by atoms with Crippen LogP contribution < -0.4 is 0 Å². The molecule has 2 fully saturated rings. The second-order valence-corrected chi connectivity index (χ2v) is 6.66. The molecule has 1 nitrogen and oxygen atoms in total. The van der Waals surface area contributed by atoms with Crippen molar-refractivity contribution >= 4 is 15.9 Å². The molecule has 88 valence electrons. The summed E-state index contributed by atoms with van der Waals surface area (Å²) in [5.41, 5.74) is 0. The number of alkyl halides is 1. The SMILES string of the molecule is CN(C1CCCCC1)C1CCC(Br)CC1. The Bertz CT molecular complexity index is 181. The quantitative estimate of drug-likeness (QED) is 0.689. The van der Waals surface area contributed by atoms with Gasteiger partial charge in [0.05, 0.1) is 0 Å². The minimum atomic E-state index is 0.800. The molecule has 0 aliphatic heterocycles. The van der Waals surface area contributed by atoms with Gasteiger partial charge in [0.2, 0.25) is 0 Å². The van der Waals surface area contributed by atoms with Crippen molar-refractivity contribution in [2.45, 2.75) is 74.7 Å². The second kappa shape index (κ2) is 5.67. The van der Waals surface area contributed by atoms with Crippen LogP contribution in [0.2, 0.25) is 0 Å². The van der Waals surface area contributed by atoms with E-state index in [4.69, 9.17) is 0 Å². The Balaban J connectivity index is 1.81. The Hall–Kier alpha value is 0.440. The van der Waals surface area contributed by atoms with Crippen molar-refractivity contribution < 1.29 is 0 Å². The Kier molecular flexibility index (Phi) is 4.51. The van der Waals surface area contributed by atoms with E-state index in [0.29, 0.717) is 0 Å². The standard InChI is InChI=1S/C13H24BrN/c1-15(12-5-3-2-4-6-12)13-9-7-11(14)8-10-13/h11-13H,2-10H2,1H3. The Morgan fingerprint density at radius 3 is 1.93 bits per heavy atom. The van der Waals surface area contributed by atoms with Crippen LogP contribution in [0.15, 0.2) is 0 Å². The molecule has 2 rings (SSSR count). The van der Waals surface area contributed by atoms with Crippen LogP contribution in [0.4, 0.5) is 0 Å². The molecule has 2 heteroatoms. The summed E-state index contributed by atoms with van der Waals surface area (Å²) < 4.78 is 0. The molecule has 0 aromatic heterocycles. The van der Waals surface area contributed by atoms with Crippen molar-refractivity contribution in [2.75, 3.05) is 7.05 Å². The predicted octanol–water partition coefficient (Wildman–Crippen LogP) is 3.96. The van der Waals surface area contributed by atoms with E-state index in [9.17, 15) is 0 Å². The van der Waals surface area contributed by atoms with Crippen LogP contribution in [-0.2, 0) is 0 Å². The lowest BCUT2D eigenvalue weighted by Crippen LogP contribution is -2.43. The molecule has 0 aromatic rings. The van der Waals surface area contributed by atoms with Gasteiger partial charge in [-0.1, -0.05) is 35.2 Å². The highest BCUT2D eigenvalue weighted by Gasteiger charge is 2.27. The average Bonchev–Trinajstić information content (AvgIpc) is 2.30. The van der Waals surface area contributed by atoms with Crippen LogP contribution in [-0.4, -0.2) is 28.9 Å². The highest BCUT2D eigenvalue weighted by Crippen LogP contribution is 2.31. The zero-order chi connectivity index (χ0) is 10.7. The summed E-state index contributed by atoms with van der Waals surface area (Å²) in [5.74, 6) is 0. The lowest BCUT2D eigenvalue weighted by atomic mass is 9.89. The average molecular weight is 274 g/mol. The van der Waals surface area contributed by atoms with Gasteiger partial charge in [-0.3, -0.25) is 0 Å². The minimum Gasteiger partial charge on any atom is -0.300 e. The first-order valence-corrected chi connectivity index (χ1v) is 7.55. The fourth-order valence-electron chi connectivity index (χ4n) is 3.23. The maximum absolute atomic E-state index is 3.74. The van der Waals surface area contributed by atoms with Gasteiger partial charge in [-0.25, -0.2) is 0 Å². The summed E-state index contributed by atoms with van der Waals surface area (Å²) in [6.07, 6.45) is 12.9. The van der Waals surface area contributed by atoms with Crippen molar-refractivity contribution in [3.63, 3.8) is 0 Å². The topological polar surface area (TPSA) is 3.24 Å². The number of rotatable bonds is 2. The van der Waals surface area contributed by atoms with E-state index in [2.05, 4.69) is 27.9 Å². The molecule has 0 spiro atoms. The molecule has 0 N–H and O–H groups in total. The Labute approximate surface area is 103 Å². The van der Waals surface area contributed by atoms with Gasteiger partial charge in [0.15, 0.2) is 0 Å². The lowest BCUT2D eigenvalue weighted by Gasteiger charge is -2.39. The van der Waals surface area contributed by atoms with Gasteiger partial charge in [0.25, 0.3) is 0 Å². The summed E-state index contributed by atoms with van der Waals surface area (Å²) in [5, 5.41) is 0. The number of halogens is 1. The smallest absolute Gasteiger partial charge is 0.0147 e. The van der Waals surface area contributed by atoms with E-state index in [1.165, 1.54) is 57.8 Å². The van der Waals surface area contributed by atoms with Crippen LogP contribution in [0.3, 0.4) is 0 Å². The van der Waals surface area contributed by atoms with Crippen LogP contribution in [0.5, 0.6) is 0 Å². The maximum atomic E-state index is 3.74. The first-order valence-electron chi connectivity index (χ1n) is 6.63. The highest BCUT2D eigenvalue weighted by molar-refractivity contribution is 9.09. The summed E-state index contributed by atoms with van der Waals surface area (Å²) in [6.45, 7) is 0. The fraction of sp³-hybridized carbons (Fsp3) is 1.00. The summed E-state index contributed by atoms with van der Waals surface area (Å²) in [7, 11) is 2.37. The normalized spacial score (nSPS) is 34.6. The monoisotopic (exact) mass is 273 g/mol. The second-order valence-electron chi connectivity index (χ2n) is 5.36. The number of hydrogen-bond acceptors (Lipinski definition) is 1. The van der Waals surface area contributed by atoms with E-state index in [1.54, 1.807) is 0 Å².